The highest BCUT2D eigenvalue weighted by molar-refractivity contribution is 9.10. The van der Waals surface area contributed by atoms with E-state index >= 15 is 0 Å². The molecule has 112 valence electrons. The van der Waals surface area contributed by atoms with Crippen LogP contribution in [0.3, 0.4) is 0 Å². The van der Waals surface area contributed by atoms with Crippen molar-refractivity contribution in [3.05, 3.63) is 33.7 Å². The fraction of sp³-hybridized carbons (Fsp3) is 0.600. The van der Waals surface area contributed by atoms with Crippen molar-refractivity contribution in [2.24, 2.45) is 5.92 Å². The second kappa shape index (κ2) is 8.25. The summed E-state index contributed by atoms with van der Waals surface area (Å²) in [6, 6.07) is 0.321. The molecule has 5 heteroatoms. The summed E-state index contributed by atoms with van der Waals surface area (Å²) in [7, 11) is 0. The maximum Gasteiger partial charge on any atom is 0.283 e. The lowest BCUT2D eigenvalue weighted by Crippen LogP contribution is -2.25. The highest BCUT2D eigenvalue weighted by Gasteiger charge is 2.10. The van der Waals surface area contributed by atoms with Gasteiger partial charge in [0.1, 0.15) is 4.47 Å². The Morgan fingerprint density at radius 3 is 2.75 bits per heavy atom. The predicted octanol–water partition coefficient (Wildman–Crippen LogP) is 3.82. The first-order valence-electron chi connectivity index (χ1n) is 7.08. The number of rotatable bonds is 8. The van der Waals surface area contributed by atoms with Crippen LogP contribution < -0.4 is 10.9 Å². The highest BCUT2D eigenvalue weighted by Crippen LogP contribution is 2.19. The molecule has 4 nitrogen and oxygen atoms in total. The average Bonchev–Trinajstić information content (AvgIpc) is 2.38. The molecule has 0 spiro atoms. The highest BCUT2D eigenvalue weighted by atomic mass is 79.9. The Balaban J connectivity index is 2.66. The number of hydrogen-bond donors (Lipinski definition) is 1. The van der Waals surface area contributed by atoms with Crippen molar-refractivity contribution < 1.29 is 0 Å². The summed E-state index contributed by atoms with van der Waals surface area (Å²) >= 11 is 3.35. The van der Waals surface area contributed by atoms with E-state index in [0.717, 1.165) is 18.0 Å². The molecule has 1 heterocycles. The molecule has 0 saturated heterocycles. The molecule has 1 rings (SSSR count). The van der Waals surface area contributed by atoms with Crippen molar-refractivity contribution in [3.63, 3.8) is 0 Å². The van der Waals surface area contributed by atoms with E-state index in [2.05, 4.69) is 53.7 Å². The van der Waals surface area contributed by atoms with E-state index < -0.39 is 0 Å². The van der Waals surface area contributed by atoms with Gasteiger partial charge in [-0.05, 0) is 35.2 Å². The van der Waals surface area contributed by atoms with Gasteiger partial charge in [0, 0.05) is 6.04 Å². The molecule has 1 aromatic rings. The molecule has 0 saturated carbocycles. The standard InChI is InChI=1S/C15H24BrN3O/c1-5-9-19-15(20)14(16)13(10-17-19)18-12(4)8-6-7-11(2)3/h5,10-12,18H,1,6-9H2,2-4H3. The van der Waals surface area contributed by atoms with Crippen molar-refractivity contribution in [2.45, 2.75) is 52.6 Å². The van der Waals surface area contributed by atoms with E-state index in [1.165, 1.54) is 17.5 Å². The molecule has 20 heavy (non-hydrogen) atoms. The Kier molecular flexibility index (Phi) is 6.99. The molecular weight excluding hydrogens is 318 g/mol. The van der Waals surface area contributed by atoms with Gasteiger partial charge in [-0.1, -0.05) is 32.8 Å². The number of halogens is 1. The lowest BCUT2D eigenvalue weighted by atomic mass is 10.0. The molecule has 0 aliphatic rings. The Labute approximate surface area is 129 Å². The van der Waals surface area contributed by atoms with Crippen molar-refractivity contribution in [2.75, 3.05) is 5.32 Å². The van der Waals surface area contributed by atoms with Crippen LogP contribution in [0.25, 0.3) is 0 Å². The lowest BCUT2D eigenvalue weighted by molar-refractivity contribution is 0.520. The van der Waals surface area contributed by atoms with Gasteiger partial charge in [-0.25, -0.2) is 4.68 Å². The fourth-order valence-corrected chi connectivity index (χ4v) is 2.41. The van der Waals surface area contributed by atoms with Crippen molar-refractivity contribution >= 4 is 21.6 Å². The normalized spacial score (nSPS) is 12.4. The molecule has 0 aliphatic heterocycles. The third-order valence-corrected chi connectivity index (χ3v) is 3.87. The van der Waals surface area contributed by atoms with E-state index in [1.54, 1.807) is 12.3 Å². The number of hydrogen-bond acceptors (Lipinski definition) is 3. The number of nitrogens with zero attached hydrogens (tertiary/aromatic N) is 2. The minimum atomic E-state index is -0.135. The largest absolute Gasteiger partial charge is 0.380 e. The van der Waals surface area contributed by atoms with Gasteiger partial charge in [-0.2, -0.15) is 5.10 Å². The molecule has 0 bridgehead atoms. The van der Waals surface area contributed by atoms with Crippen LogP contribution >= 0.6 is 15.9 Å². The molecule has 1 N–H and O–H groups in total. The summed E-state index contributed by atoms with van der Waals surface area (Å²) in [5.41, 5.74) is 0.622. The van der Waals surface area contributed by atoms with Crippen molar-refractivity contribution in [1.29, 1.82) is 0 Å². The smallest absolute Gasteiger partial charge is 0.283 e. The number of nitrogens with one attached hydrogen (secondary N) is 1. The maximum absolute atomic E-state index is 12.0. The van der Waals surface area contributed by atoms with Crippen molar-refractivity contribution in [3.8, 4) is 0 Å². The van der Waals surface area contributed by atoms with E-state index in [0.29, 0.717) is 17.1 Å². The molecule has 0 amide bonds. The van der Waals surface area contributed by atoms with Gasteiger partial charge in [-0.15, -0.1) is 6.58 Å². The minimum Gasteiger partial charge on any atom is -0.380 e. The third-order valence-electron chi connectivity index (χ3n) is 3.11. The van der Waals surface area contributed by atoms with Gasteiger partial charge >= 0.3 is 0 Å². The topological polar surface area (TPSA) is 46.9 Å². The van der Waals surface area contributed by atoms with Gasteiger partial charge in [-0.3, -0.25) is 4.79 Å². The number of allylic oxidation sites excluding steroid dienone is 1. The van der Waals surface area contributed by atoms with Gasteiger partial charge in [0.25, 0.3) is 5.56 Å². The maximum atomic E-state index is 12.0. The zero-order chi connectivity index (χ0) is 15.1. The van der Waals surface area contributed by atoms with Gasteiger partial charge in [0.15, 0.2) is 0 Å². The Morgan fingerprint density at radius 1 is 1.45 bits per heavy atom. The van der Waals surface area contributed by atoms with Crippen LogP contribution in [0, 0.1) is 5.92 Å². The molecule has 0 aromatic carbocycles. The van der Waals surface area contributed by atoms with E-state index in [9.17, 15) is 4.79 Å². The zero-order valence-electron chi connectivity index (χ0n) is 12.5. The lowest BCUT2D eigenvalue weighted by Gasteiger charge is -2.17. The molecule has 0 fully saturated rings. The molecule has 1 atom stereocenters. The van der Waals surface area contributed by atoms with Crippen LogP contribution in [-0.4, -0.2) is 15.8 Å². The SMILES string of the molecule is C=CCn1ncc(NC(C)CCCC(C)C)c(Br)c1=O. The second-order valence-electron chi connectivity index (χ2n) is 5.52. The van der Waals surface area contributed by atoms with Crippen LogP contribution in [0.2, 0.25) is 0 Å². The molecule has 0 radical (unpaired) electrons. The Bertz CT molecular complexity index is 496. The fourth-order valence-electron chi connectivity index (χ4n) is 1.99. The van der Waals surface area contributed by atoms with Crippen LogP contribution in [0.5, 0.6) is 0 Å². The summed E-state index contributed by atoms with van der Waals surface area (Å²) in [5.74, 6) is 0.735. The van der Waals surface area contributed by atoms with Gasteiger partial charge in [0.05, 0.1) is 18.4 Å². The third kappa shape index (κ3) is 5.12. The first-order valence-corrected chi connectivity index (χ1v) is 7.88. The van der Waals surface area contributed by atoms with E-state index in [4.69, 9.17) is 0 Å². The first-order chi connectivity index (χ1) is 9.45. The molecular formula is C15H24BrN3O. The number of anilines is 1. The van der Waals surface area contributed by atoms with Gasteiger partial charge < -0.3 is 5.32 Å². The molecule has 0 aliphatic carbocycles. The summed E-state index contributed by atoms with van der Waals surface area (Å²) in [4.78, 5) is 12.0. The first kappa shape index (κ1) is 17.0. The second-order valence-corrected chi connectivity index (χ2v) is 6.31. The summed E-state index contributed by atoms with van der Waals surface area (Å²) in [5, 5.41) is 7.48. The summed E-state index contributed by atoms with van der Waals surface area (Å²) in [6.07, 6.45) is 6.84. The average molecular weight is 342 g/mol. The quantitative estimate of drug-likeness (QED) is 0.731. The van der Waals surface area contributed by atoms with Crippen LogP contribution in [-0.2, 0) is 6.54 Å². The Morgan fingerprint density at radius 2 is 2.15 bits per heavy atom. The summed E-state index contributed by atoms with van der Waals surface area (Å²) < 4.78 is 1.91. The zero-order valence-corrected chi connectivity index (χ0v) is 14.1. The minimum absolute atomic E-state index is 0.135. The summed E-state index contributed by atoms with van der Waals surface area (Å²) in [6.45, 7) is 10.6. The van der Waals surface area contributed by atoms with Crippen molar-refractivity contribution in [1.82, 2.24) is 9.78 Å². The molecule has 1 aromatic heterocycles. The predicted molar refractivity (Wildman–Crippen MR) is 88.2 cm³/mol. The monoisotopic (exact) mass is 341 g/mol. The Hall–Kier alpha value is -1.10. The van der Waals surface area contributed by atoms with Gasteiger partial charge in [0.2, 0.25) is 0 Å². The van der Waals surface area contributed by atoms with E-state index in [-0.39, 0.29) is 5.56 Å². The van der Waals surface area contributed by atoms with Crippen LogP contribution in [0.15, 0.2) is 28.1 Å². The molecule has 1 unspecified atom stereocenters. The van der Waals surface area contributed by atoms with E-state index in [1.807, 2.05) is 0 Å². The van der Waals surface area contributed by atoms with Crippen LogP contribution in [0.4, 0.5) is 5.69 Å². The number of aromatic nitrogens is 2. The van der Waals surface area contributed by atoms with Crippen LogP contribution in [0.1, 0.15) is 40.0 Å².